The Hall–Kier alpha value is -3.52. The zero-order chi connectivity index (χ0) is 21.5. The Morgan fingerprint density at radius 3 is 2.81 bits per heavy atom. The van der Waals surface area contributed by atoms with Crippen LogP contribution in [0.4, 0.5) is 0 Å². The number of esters is 1. The molecule has 0 saturated carbocycles. The third-order valence-electron chi connectivity index (χ3n) is 5.93. The van der Waals surface area contributed by atoms with E-state index in [0.717, 1.165) is 27.7 Å². The number of methoxy groups -OCH3 is 1. The van der Waals surface area contributed by atoms with Gasteiger partial charge in [0.1, 0.15) is 6.04 Å². The van der Waals surface area contributed by atoms with Crippen LogP contribution in [0.1, 0.15) is 22.9 Å². The molecular weight excluding hydrogens is 398 g/mol. The standard InChI is InChI=1S/C23H23N3O5/c1-24-11-20(27)26-17(23(28)29-2)10-15-14-5-3-4-6-16(14)25-21(15)22(26)13-7-8-18-19(9-13)31-12-30-18/h3-9,17,22,24-25H,10-12H2,1-2H3/t17-,22-/m0/s1. The molecule has 0 bridgehead atoms. The molecule has 5 rings (SSSR count). The van der Waals surface area contributed by atoms with Gasteiger partial charge in [-0.3, -0.25) is 4.79 Å². The lowest BCUT2D eigenvalue weighted by atomic mass is 9.87. The minimum Gasteiger partial charge on any atom is -0.467 e. The van der Waals surface area contributed by atoms with Crippen LogP contribution in [0, 0.1) is 0 Å². The smallest absolute Gasteiger partial charge is 0.328 e. The highest BCUT2D eigenvalue weighted by Crippen LogP contribution is 2.43. The van der Waals surface area contributed by atoms with Gasteiger partial charge in [0.2, 0.25) is 12.7 Å². The van der Waals surface area contributed by atoms with Crippen LogP contribution in [-0.2, 0) is 20.7 Å². The highest BCUT2D eigenvalue weighted by atomic mass is 16.7. The molecule has 2 aromatic carbocycles. The van der Waals surface area contributed by atoms with Gasteiger partial charge in [0, 0.05) is 23.0 Å². The summed E-state index contributed by atoms with van der Waals surface area (Å²) in [6, 6.07) is 12.3. The first kappa shape index (κ1) is 19.4. The summed E-state index contributed by atoms with van der Waals surface area (Å²) in [6.45, 7) is 0.262. The van der Waals surface area contributed by atoms with E-state index in [1.165, 1.54) is 7.11 Å². The van der Waals surface area contributed by atoms with Gasteiger partial charge < -0.3 is 29.4 Å². The van der Waals surface area contributed by atoms with Crippen molar-refractivity contribution in [3.63, 3.8) is 0 Å². The summed E-state index contributed by atoms with van der Waals surface area (Å²) in [7, 11) is 3.06. The number of fused-ring (bicyclic) bond motifs is 4. The van der Waals surface area contributed by atoms with Crippen molar-refractivity contribution in [1.29, 1.82) is 0 Å². The minimum atomic E-state index is -0.743. The molecule has 0 aliphatic carbocycles. The van der Waals surface area contributed by atoms with Crippen molar-refractivity contribution in [3.05, 3.63) is 59.3 Å². The maximum atomic E-state index is 13.3. The average molecular weight is 421 g/mol. The van der Waals surface area contributed by atoms with Crippen molar-refractivity contribution >= 4 is 22.8 Å². The van der Waals surface area contributed by atoms with Crippen molar-refractivity contribution in [2.45, 2.75) is 18.5 Å². The number of carbonyl (C=O) groups excluding carboxylic acids is 2. The second kappa shape index (κ2) is 7.63. The van der Waals surface area contributed by atoms with E-state index in [4.69, 9.17) is 14.2 Å². The molecule has 3 aromatic rings. The lowest BCUT2D eigenvalue weighted by Crippen LogP contribution is -2.53. The van der Waals surface area contributed by atoms with Crippen molar-refractivity contribution < 1.29 is 23.8 Å². The maximum Gasteiger partial charge on any atom is 0.328 e. The van der Waals surface area contributed by atoms with Crippen LogP contribution in [-0.4, -0.2) is 55.3 Å². The first-order valence-electron chi connectivity index (χ1n) is 10.1. The van der Waals surface area contributed by atoms with E-state index in [2.05, 4.69) is 10.3 Å². The number of H-pyrrole nitrogens is 1. The molecule has 0 unspecified atom stereocenters. The maximum absolute atomic E-state index is 13.3. The third kappa shape index (κ3) is 3.11. The second-order valence-electron chi connectivity index (χ2n) is 7.65. The molecule has 8 heteroatoms. The molecule has 1 aromatic heterocycles. The van der Waals surface area contributed by atoms with Crippen LogP contribution in [0.5, 0.6) is 11.5 Å². The van der Waals surface area contributed by atoms with Gasteiger partial charge in [-0.1, -0.05) is 24.3 Å². The number of amides is 1. The average Bonchev–Trinajstić information content (AvgIpc) is 3.41. The Bertz CT molecular complexity index is 1170. The number of nitrogens with zero attached hydrogens (tertiary/aromatic N) is 1. The number of rotatable bonds is 4. The summed E-state index contributed by atoms with van der Waals surface area (Å²) in [5.74, 6) is 0.654. The highest BCUT2D eigenvalue weighted by Gasteiger charge is 2.44. The van der Waals surface area contributed by atoms with Gasteiger partial charge in [-0.15, -0.1) is 0 Å². The molecule has 0 saturated heterocycles. The number of hydrogen-bond acceptors (Lipinski definition) is 6. The number of benzene rings is 2. The number of ether oxygens (including phenoxy) is 3. The van der Waals surface area contributed by atoms with Gasteiger partial charge in [-0.2, -0.15) is 0 Å². The van der Waals surface area contributed by atoms with Gasteiger partial charge in [0.15, 0.2) is 11.5 Å². The van der Waals surface area contributed by atoms with Gasteiger partial charge in [0.25, 0.3) is 0 Å². The zero-order valence-electron chi connectivity index (χ0n) is 17.3. The summed E-state index contributed by atoms with van der Waals surface area (Å²) in [5.41, 5.74) is 3.70. The summed E-state index contributed by atoms with van der Waals surface area (Å²) in [5, 5.41) is 3.95. The predicted molar refractivity (Wildman–Crippen MR) is 113 cm³/mol. The van der Waals surface area contributed by atoms with E-state index < -0.39 is 18.1 Å². The molecule has 0 radical (unpaired) electrons. The number of aromatic nitrogens is 1. The fraction of sp³-hybridized carbons (Fsp3) is 0.304. The first-order chi connectivity index (χ1) is 15.1. The number of carbonyl (C=O) groups is 2. The van der Waals surface area contributed by atoms with E-state index in [-0.39, 0.29) is 19.2 Å². The minimum absolute atomic E-state index is 0.101. The molecular formula is C23H23N3O5. The molecule has 0 spiro atoms. The number of aromatic amines is 1. The summed E-state index contributed by atoms with van der Waals surface area (Å²) in [4.78, 5) is 31.2. The van der Waals surface area contributed by atoms with Gasteiger partial charge >= 0.3 is 5.97 Å². The van der Waals surface area contributed by atoms with Crippen LogP contribution in [0.2, 0.25) is 0 Å². The predicted octanol–water partition coefficient (Wildman–Crippen LogP) is 2.13. The third-order valence-corrected chi connectivity index (χ3v) is 5.93. The first-order valence-corrected chi connectivity index (χ1v) is 10.1. The van der Waals surface area contributed by atoms with E-state index in [9.17, 15) is 9.59 Å². The molecule has 2 aliphatic heterocycles. The molecule has 2 N–H and O–H groups in total. The van der Waals surface area contributed by atoms with E-state index in [1.54, 1.807) is 11.9 Å². The Morgan fingerprint density at radius 2 is 2.00 bits per heavy atom. The molecule has 3 heterocycles. The number of hydrogen-bond donors (Lipinski definition) is 2. The van der Waals surface area contributed by atoms with Gasteiger partial charge in [-0.05, 0) is 36.4 Å². The van der Waals surface area contributed by atoms with Crippen LogP contribution in [0.25, 0.3) is 10.9 Å². The lowest BCUT2D eigenvalue weighted by Gasteiger charge is -2.41. The van der Waals surface area contributed by atoms with Gasteiger partial charge in [-0.25, -0.2) is 4.79 Å². The monoisotopic (exact) mass is 421 g/mol. The molecule has 31 heavy (non-hydrogen) atoms. The second-order valence-corrected chi connectivity index (χ2v) is 7.65. The Balaban J connectivity index is 1.73. The lowest BCUT2D eigenvalue weighted by molar-refractivity contribution is -0.154. The Kier molecular flexibility index (Phi) is 4.78. The molecule has 0 fully saturated rings. The van der Waals surface area contributed by atoms with Crippen molar-refractivity contribution in [3.8, 4) is 11.5 Å². The Labute approximate surface area is 179 Å². The fourth-order valence-corrected chi connectivity index (χ4v) is 4.59. The topological polar surface area (TPSA) is 92.9 Å². The SMILES string of the molecule is CNCC(=O)N1[C@@H](c2ccc3c(c2)OCO3)c2[nH]c3ccccc3c2C[C@H]1C(=O)OC. The highest BCUT2D eigenvalue weighted by molar-refractivity contribution is 5.91. The normalized spacial score (nSPS) is 19.4. The molecule has 1 amide bonds. The quantitative estimate of drug-likeness (QED) is 0.627. The van der Waals surface area contributed by atoms with Crippen molar-refractivity contribution in [2.75, 3.05) is 27.5 Å². The molecule has 8 nitrogen and oxygen atoms in total. The number of para-hydroxylation sites is 1. The van der Waals surface area contributed by atoms with Crippen LogP contribution in [0.3, 0.4) is 0 Å². The summed E-state index contributed by atoms with van der Waals surface area (Å²) < 4.78 is 16.1. The largest absolute Gasteiger partial charge is 0.467 e. The van der Waals surface area contributed by atoms with Gasteiger partial charge in [0.05, 0.1) is 19.7 Å². The van der Waals surface area contributed by atoms with Crippen LogP contribution in [0.15, 0.2) is 42.5 Å². The molecule has 2 atom stereocenters. The van der Waals surface area contributed by atoms with E-state index in [0.29, 0.717) is 17.9 Å². The zero-order valence-corrected chi connectivity index (χ0v) is 17.3. The van der Waals surface area contributed by atoms with Crippen molar-refractivity contribution in [2.24, 2.45) is 0 Å². The van der Waals surface area contributed by atoms with E-state index in [1.807, 2.05) is 42.5 Å². The fourth-order valence-electron chi connectivity index (χ4n) is 4.59. The molecule has 160 valence electrons. The number of nitrogens with one attached hydrogen (secondary N) is 2. The van der Waals surface area contributed by atoms with Crippen LogP contribution < -0.4 is 14.8 Å². The summed E-state index contributed by atoms with van der Waals surface area (Å²) >= 11 is 0. The number of likely N-dealkylation sites (N-methyl/N-ethyl adjacent to an activating group) is 1. The Morgan fingerprint density at radius 1 is 1.19 bits per heavy atom. The van der Waals surface area contributed by atoms with Crippen molar-refractivity contribution in [1.82, 2.24) is 15.2 Å². The van der Waals surface area contributed by atoms with E-state index >= 15 is 0 Å². The van der Waals surface area contributed by atoms with Crippen LogP contribution >= 0.6 is 0 Å². The molecule has 2 aliphatic rings. The summed E-state index contributed by atoms with van der Waals surface area (Å²) in [6.07, 6.45) is 0.378.